The lowest BCUT2D eigenvalue weighted by atomic mass is 9.76. The summed E-state index contributed by atoms with van der Waals surface area (Å²) in [7, 11) is -0.418. The highest BCUT2D eigenvalue weighted by molar-refractivity contribution is 7.25. The molecule has 3 heterocycles. The molecule has 4 nitrogen and oxygen atoms in total. The normalized spacial score (nSPS) is 16.0. The van der Waals surface area contributed by atoms with Crippen LogP contribution in [0.4, 0.5) is 0 Å². The van der Waals surface area contributed by atoms with Crippen molar-refractivity contribution in [3.8, 4) is 33.9 Å². The first-order chi connectivity index (χ1) is 20.1. The van der Waals surface area contributed by atoms with Gasteiger partial charge in [-0.3, -0.25) is 0 Å². The van der Waals surface area contributed by atoms with Crippen molar-refractivity contribution in [3.63, 3.8) is 0 Å². The van der Waals surface area contributed by atoms with Crippen LogP contribution in [0.3, 0.4) is 0 Å². The number of nitrogens with zero attached hydrogens (tertiary/aromatic N) is 2. The van der Waals surface area contributed by atoms with Crippen molar-refractivity contribution in [2.45, 2.75) is 52.7 Å². The Hall–Kier alpha value is -3.84. The van der Waals surface area contributed by atoms with E-state index < -0.39 is 18.3 Å². The summed E-state index contributed by atoms with van der Waals surface area (Å²) in [6.07, 6.45) is 0. The number of hydrogen-bond acceptors (Lipinski definition) is 5. The number of aromatic nitrogens is 2. The molecule has 208 valence electrons. The van der Waals surface area contributed by atoms with Crippen LogP contribution in [0.2, 0.25) is 0 Å². The van der Waals surface area contributed by atoms with Gasteiger partial charge >= 0.3 is 7.12 Å². The maximum Gasteiger partial charge on any atom is 0.494 e. The second kappa shape index (κ2) is 9.87. The van der Waals surface area contributed by atoms with E-state index >= 15 is 0 Å². The van der Waals surface area contributed by atoms with E-state index in [1.165, 1.54) is 20.2 Å². The third kappa shape index (κ3) is 4.46. The summed E-state index contributed by atoms with van der Waals surface area (Å²) in [6, 6.07) is 32.0. The molecule has 2 aromatic heterocycles. The molecule has 0 spiro atoms. The molecule has 0 amide bonds. The summed E-state index contributed by atoms with van der Waals surface area (Å²) >= 11 is 1.82. The highest BCUT2D eigenvalue weighted by Gasteiger charge is 2.51. The van der Waals surface area contributed by atoms with Gasteiger partial charge in [0.25, 0.3) is 0 Å². The summed E-state index contributed by atoms with van der Waals surface area (Å²) in [5.41, 5.74) is 7.45. The molecule has 1 aliphatic heterocycles. The molecule has 1 saturated heterocycles. The largest absolute Gasteiger partial charge is 0.494 e. The average Bonchev–Trinajstić information content (AvgIpc) is 3.45. The Balaban J connectivity index is 1.41. The van der Waals surface area contributed by atoms with E-state index in [0.29, 0.717) is 0 Å². The summed E-state index contributed by atoms with van der Waals surface area (Å²) in [6.45, 7) is 12.6. The van der Waals surface area contributed by atoms with Crippen LogP contribution in [-0.2, 0) is 9.31 Å². The molecule has 0 radical (unpaired) electrons. The lowest BCUT2D eigenvalue weighted by Gasteiger charge is -2.32. The van der Waals surface area contributed by atoms with Gasteiger partial charge < -0.3 is 9.31 Å². The van der Waals surface area contributed by atoms with Crippen LogP contribution in [-0.4, -0.2) is 28.3 Å². The van der Waals surface area contributed by atoms with Gasteiger partial charge in [0.05, 0.1) is 22.6 Å². The summed E-state index contributed by atoms with van der Waals surface area (Å²) in [4.78, 5) is 10.4. The first-order valence-corrected chi connectivity index (χ1v) is 15.3. The molecule has 7 rings (SSSR count). The van der Waals surface area contributed by atoms with Gasteiger partial charge in [0.15, 0.2) is 5.82 Å². The van der Waals surface area contributed by atoms with Gasteiger partial charge in [0.1, 0.15) is 0 Å². The highest BCUT2D eigenvalue weighted by atomic mass is 32.1. The molecular formula is C36H33BN2O2S. The number of thiophene rings is 1. The maximum atomic E-state index is 6.38. The van der Waals surface area contributed by atoms with Crippen molar-refractivity contribution in [1.29, 1.82) is 0 Å². The van der Waals surface area contributed by atoms with Crippen LogP contribution in [0.25, 0.3) is 54.1 Å². The van der Waals surface area contributed by atoms with Gasteiger partial charge in [-0.05, 0) is 76.3 Å². The van der Waals surface area contributed by atoms with Crippen molar-refractivity contribution in [2.75, 3.05) is 0 Å². The molecule has 4 aromatic carbocycles. The van der Waals surface area contributed by atoms with Gasteiger partial charge in [-0.2, -0.15) is 0 Å². The Morgan fingerprint density at radius 1 is 0.667 bits per heavy atom. The van der Waals surface area contributed by atoms with Crippen molar-refractivity contribution >= 4 is 44.1 Å². The van der Waals surface area contributed by atoms with Gasteiger partial charge in [-0.1, -0.05) is 72.8 Å². The number of aryl methyl sites for hydroxylation is 2. The molecule has 0 saturated carbocycles. The van der Waals surface area contributed by atoms with Crippen LogP contribution in [0.5, 0.6) is 0 Å². The van der Waals surface area contributed by atoms with Gasteiger partial charge in [-0.15, -0.1) is 11.3 Å². The molecule has 6 aromatic rings. The Kier molecular flexibility index (Phi) is 6.35. The van der Waals surface area contributed by atoms with Crippen LogP contribution < -0.4 is 5.46 Å². The van der Waals surface area contributed by atoms with E-state index in [4.69, 9.17) is 19.3 Å². The quantitative estimate of drug-likeness (QED) is 0.200. The Morgan fingerprint density at radius 2 is 1.29 bits per heavy atom. The van der Waals surface area contributed by atoms with Crippen molar-refractivity contribution < 1.29 is 9.31 Å². The number of rotatable bonds is 4. The SMILES string of the molecule is Cc1cc(B2OC(C)(C)C(C)(C)O2)cc(C)c1-c1nc(-c2ccccc2)cc(-c2cccc3sc4ccccc4c23)n1. The predicted molar refractivity (Wildman–Crippen MR) is 176 cm³/mol. The van der Waals surface area contributed by atoms with E-state index in [2.05, 4.69) is 126 Å². The lowest BCUT2D eigenvalue weighted by Crippen LogP contribution is -2.41. The molecule has 1 aliphatic rings. The molecular weight excluding hydrogens is 535 g/mol. The lowest BCUT2D eigenvalue weighted by molar-refractivity contribution is 0.00578. The second-order valence-electron chi connectivity index (χ2n) is 12.2. The fourth-order valence-corrected chi connectivity index (χ4v) is 7.04. The number of benzene rings is 4. The van der Waals surface area contributed by atoms with E-state index in [0.717, 1.165) is 50.5 Å². The molecule has 0 atom stereocenters. The molecule has 0 N–H and O–H groups in total. The topological polar surface area (TPSA) is 44.2 Å². The Bertz CT molecular complexity index is 1940. The fourth-order valence-electron chi connectivity index (χ4n) is 5.91. The molecule has 0 unspecified atom stereocenters. The smallest absolute Gasteiger partial charge is 0.399 e. The molecule has 0 aliphatic carbocycles. The van der Waals surface area contributed by atoms with Crippen LogP contribution >= 0.6 is 11.3 Å². The summed E-state index contributed by atoms with van der Waals surface area (Å²) in [5, 5.41) is 2.50. The van der Waals surface area contributed by atoms with Gasteiger partial charge in [0, 0.05) is 36.9 Å². The predicted octanol–water partition coefficient (Wildman–Crippen LogP) is 8.76. The van der Waals surface area contributed by atoms with Crippen molar-refractivity contribution in [3.05, 3.63) is 102 Å². The van der Waals surface area contributed by atoms with E-state index in [-0.39, 0.29) is 0 Å². The third-order valence-electron chi connectivity index (χ3n) is 8.78. The van der Waals surface area contributed by atoms with Crippen molar-refractivity contribution in [1.82, 2.24) is 9.97 Å². The molecule has 6 heteroatoms. The van der Waals surface area contributed by atoms with E-state index in [1.54, 1.807) is 0 Å². The molecule has 1 fully saturated rings. The van der Waals surface area contributed by atoms with Crippen LogP contribution in [0.15, 0.2) is 91.0 Å². The standard InChI is InChI=1S/C36H33BN2O2S/c1-22-19-25(37-40-35(3,4)36(5,6)41-37)20-23(2)32(22)34-38-28(24-13-8-7-9-14-24)21-29(39-34)26-16-12-18-31-33(26)27-15-10-11-17-30(27)42-31/h7-21H,1-6H3. The zero-order chi connectivity index (χ0) is 29.2. The fraction of sp³-hybridized carbons (Fsp3) is 0.222. The number of fused-ring (bicyclic) bond motifs is 3. The summed E-state index contributed by atoms with van der Waals surface area (Å²) in [5.74, 6) is 0.721. The minimum absolute atomic E-state index is 0.396. The Morgan fingerprint density at radius 3 is 2.00 bits per heavy atom. The van der Waals surface area contributed by atoms with Crippen LogP contribution in [0, 0.1) is 13.8 Å². The average molecular weight is 569 g/mol. The van der Waals surface area contributed by atoms with E-state index in [9.17, 15) is 0 Å². The second-order valence-corrected chi connectivity index (χ2v) is 13.3. The zero-order valence-electron chi connectivity index (χ0n) is 24.9. The van der Waals surface area contributed by atoms with Crippen LogP contribution in [0.1, 0.15) is 38.8 Å². The molecule has 42 heavy (non-hydrogen) atoms. The van der Waals surface area contributed by atoms with Gasteiger partial charge in [0.2, 0.25) is 0 Å². The first kappa shape index (κ1) is 27.0. The van der Waals surface area contributed by atoms with Gasteiger partial charge in [-0.25, -0.2) is 9.97 Å². The van der Waals surface area contributed by atoms with E-state index in [1.807, 2.05) is 17.4 Å². The minimum Gasteiger partial charge on any atom is -0.399 e. The monoisotopic (exact) mass is 568 g/mol. The minimum atomic E-state index is -0.418. The third-order valence-corrected chi connectivity index (χ3v) is 9.91. The maximum absolute atomic E-state index is 6.38. The highest BCUT2D eigenvalue weighted by Crippen LogP contribution is 2.41. The first-order valence-electron chi connectivity index (χ1n) is 14.4. The van der Waals surface area contributed by atoms with Crippen molar-refractivity contribution in [2.24, 2.45) is 0 Å². The number of hydrogen-bond donors (Lipinski definition) is 0. The summed E-state index contributed by atoms with van der Waals surface area (Å²) < 4.78 is 15.3. The molecule has 0 bridgehead atoms. The Labute approximate surface area is 251 Å². The zero-order valence-corrected chi connectivity index (χ0v) is 25.7.